The number of aryl methyl sites for hydroxylation is 1. The van der Waals surface area contributed by atoms with Crippen molar-refractivity contribution in [3.05, 3.63) is 35.4 Å². The minimum atomic E-state index is 0.421. The molecule has 4 N–H and O–H groups in total. The van der Waals surface area contributed by atoms with Gasteiger partial charge in [-0.05, 0) is 6.92 Å². The summed E-state index contributed by atoms with van der Waals surface area (Å²) in [6.07, 6.45) is 0. The highest BCUT2D eigenvalue weighted by Gasteiger charge is 1.97. The predicted octanol–water partition coefficient (Wildman–Crippen LogP) is 0.421. The Balaban J connectivity index is 2.89. The van der Waals surface area contributed by atoms with Gasteiger partial charge in [-0.1, -0.05) is 29.8 Å². The van der Waals surface area contributed by atoms with Crippen LogP contribution in [0, 0.1) is 6.92 Å². The minimum absolute atomic E-state index is 0.421. The second-order valence-corrected chi connectivity index (χ2v) is 2.92. The molecule has 0 spiro atoms. The summed E-state index contributed by atoms with van der Waals surface area (Å²) in [5.74, 6) is 5.75. The van der Waals surface area contributed by atoms with Crippen LogP contribution in [-0.2, 0) is 0 Å². The van der Waals surface area contributed by atoms with Crippen molar-refractivity contribution >= 4 is 5.84 Å². The number of hydrazine groups is 1. The molecule has 0 bridgehead atoms. The molecule has 1 aromatic carbocycles. The van der Waals surface area contributed by atoms with Crippen molar-refractivity contribution in [2.24, 2.45) is 16.7 Å². The first-order valence-electron chi connectivity index (χ1n) is 3.99. The van der Waals surface area contributed by atoms with Gasteiger partial charge >= 0.3 is 0 Å². The fraction of sp³-hybridized carbons (Fsp3) is 0.222. The number of nitrogens with zero attached hydrogens (tertiary/aromatic N) is 2. The van der Waals surface area contributed by atoms with E-state index >= 15 is 0 Å². The first-order valence-corrected chi connectivity index (χ1v) is 3.99. The normalized spacial score (nSPS) is 11.5. The number of benzene rings is 1. The molecule has 4 heteroatoms. The quantitative estimate of drug-likeness (QED) is 0.298. The minimum Gasteiger partial charge on any atom is -0.382 e. The predicted molar refractivity (Wildman–Crippen MR) is 53.9 cm³/mol. The molecule has 1 aromatic rings. The lowest BCUT2D eigenvalue weighted by molar-refractivity contribution is 0.371. The zero-order valence-corrected chi connectivity index (χ0v) is 7.86. The maximum atomic E-state index is 5.67. The fourth-order valence-electron chi connectivity index (χ4n) is 0.952. The molecule has 0 fully saturated rings. The van der Waals surface area contributed by atoms with E-state index in [1.165, 1.54) is 10.7 Å². The first-order chi connectivity index (χ1) is 6.09. The van der Waals surface area contributed by atoms with Gasteiger partial charge in [0.2, 0.25) is 0 Å². The zero-order valence-electron chi connectivity index (χ0n) is 7.86. The Hall–Kier alpha value is -1.55. The summed E-state index contributed by atoms with van der Waals surface area (Å²) in [5.41, 5.74) is 7.74. The molecule has 4 nitrogen and oxygen atoms in total. The van der Waals surface area contributed by atoms with Gasteiger partial charge in [0.05, 0.1) is 0 Å². The Kier molecular flexibility index (Phi) is 2.87. The molecule has 0 radical (unpaired) electrons. The second kappa shape index (κ2) is 3.91. The van der Waals surface area contributed by atoms with Gasteiger partial charge in [0.1, 0.15) is 0 Å². The Morgan fingerprint density at radius 1 is 1.31 bits per heavy atom. The molecule has 0 saturated carbocycles. The lowest BCUT2D eigenvalue weighted by atomic mass is 10.1. The maximum Gasteiger partial charge on any atom is 0.152 e. The van der Waals surface area contributed by atoms with Gasteiger partial charge < -0.3 is 5.73 Å². The number of hydrogen-bond acceptors (Lipinski definition) is 3. The third-order valence-corrected chi connectivity index (χ3v) is 1.61. The van der Waals surface area contributed by atoms with E-state index in [4.69, 9.17) is 11.6 Å². The summed E-state index contributed by atoms with van der Waals surface area (Å²) >= 11 is 0. The molecule has 0 heterocycles. The van der Waals surface area contributed by atoms with Gasteiger partial charge in [0, 0.05) is 12.6 Å². The van der Waals surface area contributed by atoms with Crippen molar-refractivity contribution in [1.29, 1.82) is 0 Å². The maximum absolute atomic E-state index is 5.67. The van der Waals surface area contributed by atoms with Crippen LogP contribution in [0.25, 0.3) is 0 Å². The van der Waals surface area contributed by atoms with Crippen molar-refractivity contribution in [2.75, 3.05) is 7.05 Å². The molecular weight excluding hydrogens is 164 g/mol. The van der Waals surface area contributed by atoms with Gasteiger partial charge in [-0.25, -0.2) is 11.0 Å². The fourth-order valence-corrected chi connectivity index (χ4v) is 0.952. The van der Waals surface area contributed by atoms with E-state index in [1.54, 1.807) is 7.05 Å². The van der Waals surface area contributed by atoms with E-state index in [1.807, 2.05) is 31.2 Å². The zero-order chi connectivity index (χ0) is 9.84. The molecule has 70 valence electrons. The summed E-state index contributed by atoms with van der Waals surface area (Å²) < 4.78 is 0. The van der Waals surface area contributed by atoms with Crippen LogP contribution in [0.5, 0.6) is 0 Å². The summed E-state index contributed by atoms with van der Waals surface area (Å²) in [6.45, 7) is 2.02. The van der Waals surface area contributed by atoms with Crippen LogP contribution in [0.2, 0.25) is 0 Å². The second-order valence-electron chi connectivity index (χ2n) is 2.92. The highest BCUT2D eigenvalue weighted by atomic mass is 15.6. The van der Waals surface area contributed by atoms with Crippen LogP contribution in [0.4, 0.5) is 0 Å². The van der Waals surface area contributed by atoms with E-state index in [2.05, 4.69) is 5.10 Å². The molecule has 0 saturated heterocycles. The number of amidine groups is 1. The first kappa shape index (κ1) is 9.54. The van der Waals surface area contributed by atoms with Gasteiger partial charge in [0.25, 0.3) is 0 Å². The monoisotopic (exact) mass is 178 g/mol. The third-order valence-electron chi connectivity index (χ3n) is 1.61. The van der Waals surface area contributed by atoms with E-state index in [9.17, 15) is 0 Å². The van der Waals surface area contributed by atoms with Crippen molar-refractivity contribution in [3.8, 4) is 0 Å². The van der Waals surface area contributed by atoms with E-state index in [0.717, 1.165) is 5.56 Å². The number of hydrazone groups is 1. The number of nitrogens with two attached hydrogens (primary N) is 2. The van der Waals surface area contributed by atoms with E-state index in [0.29, 0.717) is 5.84 Å². The topological polar surface area (TPSA) is 67.6 Å². The Morgan fingerprint density at radius 3 is 2.31 bits per heavy atom. The van der Waals surface area contributed by atoms with Crippen molar-refractivity contribution in [1.82, 2.24) is 5.12 Å². The average Bonchev–Trinajstić information content (AvgIpc) is 2.04. The lowest BCUT2D eigenvalue weighted by Gasteiger charge is -2.06. The average molecular weight is 178 g/mol. The lowest BCUT2D eigenvalue weighted by Crippen LogP contribution is -2.25. The van der Waals surface area contributed by atoms with Gasteiger partial charge in [-0.2, -0.15) is 0 Å². The van der Waals surface area contributed by atoms with Gasteiger partial charge in [-0.3, -0.25) is 0 Å². The molecule has 0 aliphatic rings. The van der Waals surface area contributed by atoms with Crippen LogP contribution >= 0.6 is 0 Å². The molecule has 13 heavy (non-hydrogen) atoms. The molecular formula is C9H14N4. The molecule has 0 atom stereocenters. The Labute approximate surface area is 77.8 Å². The Morgan fingerprint density at radius 2 is 1.85 bits per heavy atom. The van der Waals surface area contributed by atoms with E-state index in [-0.39, 0.29) is 0 Å². The molecule has 0 amide bonds. The van der Waals surface area contributed by atoms with E-state index < -0.39 is 0 Å². The van der Waals surface area contributed by atoms with Crippen LogP contribution in [0.15, 0.2) is 29.4 Å². The molecule has 1 rings (SSSR count). The summed E-state index contributed by atoms with van der Waals surface area (Å²) in [4.78, 5) is 0. The standard InChI is InChI=1S/C9H14N4/c1-7-3-5-8(6-4-7)9(10)12-13(2)11/h3-6H,11H2,1-2H3,(H2,10,12). The number of hydrogen-bond donors (Lipinski definition) is 2. The largest absolute Gasteiger partial charge is 0.382 e. The van der Waals surface area contributed by atoms with Crippen LogP contribution in [0.1, 0.15) is 11.1 Å². The van der Waals surface area contributed by atoms with Crippen LogP contribution in [-0.4, -0.2) is 18.0 Å². The summed E-state index contributed by atoms with van der Waals surface area (Å²) in [7, 11) is 1.63. The third kappa shape index (κ3) is 2.76. The van der Waals surface area contributed by atoms with Crippen molar-refractivity contribution in [3.63, 3.8) is 0 Å². The van der Waals surface area contributed by atoms with Crippen LogP contribution < -0.4 is 11.6 Å². The SMILES string of the molecule is Cc1ccc(/C(N)=N/N(C)N)cc1. The highest BCUT2D eigenvalue weighted by Crippen LogP contribution is 2.02. The Bertz CT molecular complexity index is 300. The van der Waals surface area contributed by atoms with Crippen LogP contribution in [0.3, 0.4) is 0 Å². The summed E-state index contributed by atoms with van der Waals surface area (Å²) in [6, 6.07) is 7.79. The molecule has 0 aliphatic heterocycles. The number of rotatable bonds is 2. The highest BCUT2D eigenvalue weighted by molar-refractivity contribution is 5.97. The van der Waals surface area contributed by atoms with Gasteiger partial charge in [0.15, 0.2) is 5.84 Å². The molecule has 0 aliphatic carbocycles. The van der Waals surface area contributed by atoms with Crippen molar-refractivity contribution < 1.29 is 0 Å². The summed E-state index contributed by atoms with van der Waals surface area (Å²) in [5, 5.41) is 5.07. The van der Waals surface area contributed by atoms with Gasteiger partial charge in [-0.15, -0.1) is 5.10 Å². The van der Waals surface area contributed by atoms with Crippen molar-refractivity contribution in [2.45, 2.75) is 6.92 Å². The smallest absolute Gasteiger partial charge is 0.152 e. The molecule has 0 aromatic heterocycles. The molecule has 0 unspecified atom stereocenters.